The molecule has 0 aliphatic rings. The Bertz CT molecular complexity index is 1150. The van der Waals surface area contributed by atoms with Crippen LogP contribution < -0.4 is 15.8 Å². The van der Waals surface area contributed by atoms with E-state index < -0.39 is 0 Å². The quantitative estimate of drug-likeness (QED) is 0.412. The van der Waals surface area contributed by atoms with Crippen molar-refractivity contribution in [3.63, 3.8) is 0 Å². The molecule has 0 bridgehead atoms. The second-order valence-corrected chi connectivity index (χ2v) is 7.45. The molecule has 0 atom stereocenters. The molecule has 0 unspecified atom stereocenters. The standard InChI is InChI=1S/C22H23ClFN5O.C2H6O/c1-13-7-17(22(27-3)28-12-25)16-5-4-6-20(21(16)29-13)30-11-18-14(10-26-2)8-15(24)9-19(18)23;1-3-2/h4-9,12,26H,10-11H2,1-3H3,(H2,25,27,28);1-2H3. The van der Waals surface area contributed by atoms with Gasteiger partial charge in [-0.05, 0) is 43.8 Å². The summed E-state index contributed by atoms with van der Waals surface area (Å²) in [7, 11) is 6.70. The van der Waals surface area contributed by atoms with Crippen molar-refractivity contribution in [2.24, 2.45) is 15.7 Å². The first-order valence-corrected chi connectivity index (χ1v) is 10.5. The maximum absolute atomic E-state index is 13.8. The minimum Gasteiger partial charge on any atom is -0.487 e. The Morgan fingerprint density at radius 3 is 2.64 bits per heavy atom. The number of methoxy groups -OCH3 is 1. The summed E-state index contributed by atoms with van der Waals surface area (Å²) in [5.74, 6) is 0.705. The minimum absolute atomic E-state index is 0.176. The van der Waals surface area contributed by atoms with Gasteiger partial charge < -0.3 is 20.5 Å². The molecule has 33 heavy (non-hydrogen) atoms. The van der Waals surface area contributed by atoms with E-state index in [4.69, 9.17) is 22.1 Å². The molecular formula is C24H29ClFN5O2. The van der Waals surface area contributed by atoms with Crippen LogP contribution in [-0.4, -0.2) is 45.5 Å². The van der Waals surface area contributed by atoms with E-state index in [2.05, 4.69) is 25.0 Å². The van der Waals surface area contributed by atoms with Gasteiger partial charge in [0.15, 0.2) is 5.84 Å². The third-order valence-corrected chi connectivity index (χ3v) is 4.91. The van der Waals surface area contributed by atoms with Crippen molar-refractivity contribution in [1.29, 1.82) is 0 Å². The van der Waals surface area contributed by atoms with Crippen LogP contribution in [-0.2, 0) is 17.9 Å². The Kier molecular flexibility index (Phi) is 10.2. The lowest BCUT2D eigenvalue weighted by molar-refractivity contribution is 0.277. The van der Waals surface area contributed by atoms with E-state index in [0.717, 1.165) is 27.8 Å². The van der Waals surface area contributed by atoms with Crippen molar-refractivity contribution in [1.82, 2.24) is 10.3 Å². The molecule has 3 rings (SSSR count). The maximum atomic E-state index is 13.8. The summed E-state index contributed by atoms with van der Waals surface area (Å²) >= 11 is 6.29. The van der Waals surface area contributed by atoms with Crippen molar-refractivity contribution in [3.8, 4) is 5.75 Å². The number of amidine groups is 1. The Balaban J connectivity index is 0.00000122. The van der Waals surface area contributed by atoms with Crippen LogP contribution in [0, 0.1) is 12.7 Å². The molecule has 3 N–H and O–H groups in total. The first-order chi connectivity index (χ1) is 15.9. The lowest BCUT2D eigenvalue weighted by Gasteiger charge is -2.15. The van der Waals surface area contributed by atoms with Gasteiger partial charge in [-0.2, -0.15) is 0 Å². The molecule has 0 aliphatic carbocycles. The largest absolute Gasteiger partial charge is 0.487 e. The van der Waals surface area contributed by atoms with Gasteiger partial charge in [0.1, 0.15) is 23.7 Å². The molecule has 9 heteroatoms. The lowest BCUT2D eigenvalue weighted by atomic mass is 10.1. The summed E-state index contributed by atoms with van der Waals surface area (Å²) in [4.78, 5) is 13.0. The van der Waals surface area contributed by atoms with Crippen LogP contribution in [0.3, 0.4) is 0 Å². The number of hydrogen-bond acceptors (Lipinski definition) is 5. The van der Waals surface area contributed by atoms with Crippen LogP contribution in [0.4, 0.5) is 4.39 Å². The van der Waals surface area contributed by atoms with Gasteiger partial charge in [-0.15, -0.1) is 0 Å². The van der Waals surface area contributed by atoms with Crippen molar-refractivity contribution in [2.45, 2.75) is 20.1 Å². The van der Waals surface area contributed by atoms with E-state index in [1.807, 2.05) is 31.2 Å². The highest BCUT2D eigenvalue weighted by molar-refractivity contribution is 6.31. The van der Waals surface area contributed by atoms with Gasteiger partial charge in [0, 0.05) is 50.0 Å². The van der Waals surface area contributed by atoms with Crippen molar-refractivity contribution >= 4 is 34.7 Å². The van der Waals surface area contributed by atoms with E-state index >= 15 is 0 Å². The monoisotopic (exact) mass is 473 g/mol. The van der Waals surface area contributed by atoms with Crippen LogP contribution in [0.15, 0.2) is 46.4 Å². The van der Waals surface area contributed by atoms with E-state index in [-0.39, 0.29) is 12.4 Å². The fourth-order valence-corrected chi connectivity index (χ4v) is 3.57. The van der Waals surface area contributed by atoms with Crippen LogP contribution in [0.1, 0.15) is 22.4 Å². The number of nitrogens with one attached hydrogen (secondary N) is 1. The summed E-state index contributed by atoms with van der Waals surface area (Å²) in [6.45, 7) is 2.54. The molecule has 0 amide bonds. The Hall–Kier alpha value is -3.07. The van der Waals surface area contributed by atoms with E-state index in [9.17, 15) is 4.39 Å². The van der Waals surface area contributed by atoms with Crippen LogP contribution >= 0.6 is 11.6 Å². The first kappa shape index (κ1) is 26.2. The zero-order valence-corrected chi connectivity index (χ0v) is 20.2. The normalized spacial score (nSPS) is 11.5. The summed E-state index contributed by atoms with van der Waals surface area (Å²) in [5.41, 5.74) is 9.21. The van der Waals surface area contributed by atoms with E-state index in [1.165, 1.54) is 18.5 Å². The summed E-state index contributed by atoms with van der Waals surface area (Å²) < 4.78 is 24.1. The zero-order valence-electron chi connectivity index (χ0n) is 19.4. The van der Waals surface area contributed by atoms with Crippen LogP contribution in [0.5, 0.6) is 5.75 Å². The molecule has 0 radical (unpaired) electrons. The number of hydrogen-bond donors (Lipinski definition) is 2. The van der Waals surface area contributed by atoms with Gasteiger partial charge >= 0.3 is 0 Å². The third kappa shape index (κ3) is 6.71. The number of nitrogens with two attached hydrogens (primary N) is 1. The average Bonchev–Trinajstić information content (AvgIpc) is 2.77. The number of rotatable bonds is 6. The number of ether oxygens (including phenoxy) is 2. The molecule has 176 valence electrons. The van der Waals surface area contributed by atoms with Crippen molar-refractivity contribution in [2.75, 3.05) is 28.3 Å². The maximum Gasteiger partial charge on any atom is 0.156 e. The lowest BCUT2D eigenvalue weighted by Crippen LogP contribution is -2.10. The highest BCUT2D eigenvalue weighted by atomic mass is 35.5. The molecule has 0 fully saturated rings. The molecule has 2 aromatic carbocycles. The van der Waals surface area contributed by atoms with E-state index in [0.29, 0.717) is 28.7 Å². The van der Waals surface area contributed by atoms with Gasteiger partial charge in [-0.3, -0.25) is 4.99 Å². The number of pyridine rings is 1. The van der Waals surface area contributed by atoms with Crippen molar-refractivity contribution < 1.29 is 13.9 Å². The minimum atomic E-state index is -0.382. The highest BCUT2D eigenvalue weighted by Gasteiger charge is 2.15. The molecule has 3 aromatic rings. The number of benzene rings is 2. The first-order valence-electron chi connectivity index (χ1n) is 10.2. The number of para-hydroxylation sites is 1. The molecule has 0 saturated heterocycles. The fourth-order valence-electron chi connectivity index (χ4n) is 3.29. The number of aliphatic imine (C=N–C) groups is 2. The number of aromatic nitrogens is 1. The number of nitrogens with zero attached hydrogens (tertiary/aromatic N) is 3. The molecular weight excluding hydrogens is 445 g/mol. The fraction of sp³-hybridized carbons (Fsp3) is 0.292. The number of halogens is 2. The second kappa shape index (κ2) is 12.8. The van der Waals surface area contributed by atoms with Gasteiger partial charge in [0.05, 0.1) is 11.4 Å². The van der Waals surface area contributed by atoms with Gasteiger partial charge in [0.2, 0.25) is 0 Å². The number of aryl methyl sites for hydroxylation is 1. The Morgan fingerprint density at radius 1 is 1.27 bits per heavy atom. The average molecular weight is 474 g/mol. The van der Waals surface area contributed by atoms with Crippen molar-refractivity contribution in [3.05, 3.63) is 69.6 Å². The summed E-state index contributed by atoms with van der Waals surface area (Å²) in [6, 6.07) is 10.3. The Labute approximate surface area is 198 Å². The second-order valence-electron chi connectivity index (χ2n) is 7.04. The molecule has 1 aromatic heterocycles. The third-order valence-electron chi connectivity index (χ3n) is 4.57. The van der Waals surface area contributed by atoms with Gasteiger partial charge in [-0.25, -0.2) is 14.4 Å². The van der Waals surface area contributed by atoms with E-state index in [1.54, 1.807) is 28.3 Å². The number of fused-ring (bicyclic) bond motifs is 1. The Morgan fingerprint density at radius 2 is 2.00 bits per heavy atom. The molecule has 0 aliphatic heterocycles. The predicted octanol–water partition coefficient (Wildman–Crippen LogP) is 4.26. The SMILES string of the molecule is CN=C(N=CN)c1cc(C)nc2c(OCc3c(Cl)cc(F)cc3CNC)cccc12.COC. The molecule has 1 heterocycles. The van der Waals surface area contributed by atoms with Crippen LogP contribution in [0.2, 0.25) is 5.02 Å². The molecule has 0 spiro atoms. The van der Waals surface area contributed by atoms with Crippen LogP contribution in [0.25, 0.3) is 10.9 Å². The van der Waals surface area contributed by atoms with Gasteiger partial charge in [-0.1, -0.05) is 23.7 Å². The smallest absolute Gasteiger partial charge is 0.156 e. The predicted molar refractivity (Wildman–Crippen MR) is 133 cm³/mol. The summed E-state index contributed by atoms with van der Waals surface area (Å²) in [6.07, 6.45) is 1.21. The van der Waals surface area contributed by atoms with Gasteiger partial charge in [0.25, 0.3) is 0 Å². The summed E-state index contributed by atoms with van der Waals surface area (Å²) in [5, 5.41) is 4.18. The topological polar surface area (TPSA) is 94.1 Å². The zero-order chi connectivity index (χ0) is 24.4. The highest BCUT2D eigenvalue weighted by Crippen LogP contribution is 2.30. The molecule has 0 saturated carbocycles. The molecule has 7 nitrogen and oxygen atoms in total.